The monoisotopic (exact) mass is 499 g/mol. The molecule has 10 heteroatoms. The van der Waals surface area contributed by atoms with E-state index in [-0.39, 0.29) is 29.2 Å². The van der Waals surface area contributed by atoms with Gasteiger partial charge < -0.3 is 14.8 Å². The lowest BCUT2D eigenvalue weighted by Crippen LogP contribution is -2.54. The van der Waals surface area contributed by atoms with Crippen molar-refractivity contribution in [2.75, 3.05) is 23.9 Å². The summed E-state index contributed by atoms with van der Waals surface area (Å²) in [4.78, 5) is 62.9. The van der Waals surface area contributed by atoms with Crippen LogP contribution >= 0.6 is 0 Å². The number of anilines is 2. The van der Waals surface area contributed by atoms with Crippen LogP contribution in [0.15, 0.2) is 84.4 Å². The second-order valence-corrected chi connectivity index (χ2v) is 7.74. The lowest BCUT2D eigenvalue weighted by Gasteiger charge is -2.26. The zero-order valence-electron chi connectivity index (χ0n) is 19.6. The van der Waals surface area contributed by atoms with E-state index in [0.29, 0.717) is 11.3 Å². The summed E-state index contributed by atoms with van der Waals surface area (Å²) < 4.78 is 10.3. The summed E-state index contributed by atoms with van der Waals surface area (Å²) in [5.74, 6) is -2.46. The Morgan fingerprint density at radius 1 is 0.919 bits per heavy atom. The molecule has 2 N–H and O–H groups in total. The fourth-order valence-corrected chi connectivity index (χ4v) is 3.50. The average Bonchev–Trinajstić information content (AvgIpc) is 2.91. The molecule has 0 atom stereocenters. The zero-order valence-corrected chi connectivity index (χ0v) is 19.6. The van der Waals surface area contributed by atoms with Crippen molar-refractivity contribution in [1.82, 2.24) is 5.32 Å². The van der Waals surface area contributed by atoms with Crippen LogP contribution in [0.3, 0.4) is 0 Å². The van der Waals surface area contributed by atoms with E-state index in [9.17, 15) is 24.0 Å². The maximum Gasteiger partial charge on any atom is 0.337 e. The Balaban J connectivity index is 1.55. The summed E-state index contributed by atoms with van der Waals surface area (Å²) in [6, 6.07) is 20.0. The number of hydrogen-bond donors (Lipinski definition) is 2. The molecule has 5 amide bonds. The maximum absolute atomic E-state index is 13.2. The van der Waals surface area contributed by atoms with Crippen molar-refractivity contribution in [2.45, 2.75) is 0 Å². The van der Waals surface area contributed by atoms with Crippen LogP contribution in [0.2, 0.25) is 0 Å². The predicted octanol–water partition coefficient (Wildman–Crippen LogP) is 3.16. The second-order valence-electron chi connectivity index (χ2n) is 7.74. The molecule has 3 aromatic rings. The first-order valence-corrected chi connectivity index (χ1v) is 11.0. The number of amides is 5. The van der Waals surface area contributed by atoms with Crippen molar-refractivity contribution in [3.63, 3.8) is 0 Å². The van der Waals surface area contributed by atoms with E-state index >= 15 is 0 Å². The molecule has 1 saturated heterocycles. The van der Waals surface area contributed by atoms with Gasteiger partial charge in [-0.2, -0.15) is 0 Å². The summed E-state index contributed by atoms with van der Waals surface area (Å²) in [5.41, 5.74) is 1.02. The van der Waals surface area contributed by atoms with E-state index < -0.39 is 29.7 Å². The fraction of sp³-hybridized carbons (Fsp3) is 0.0741. The smallest absolute Gasteiger partial charge is 0.337 e. The first-order valence-electron chi connectivity index (χ1n) is 11.0. The highest BCUT2D eigenvalue weighted by atomic mass is 16.5. The zero-order chi connectivity index (χ0) is 26.4. The van der Waals surface area contributed by atoms with Gasteiger partial charge in [0.1, 0.15) is 11.3 Å². The predicted molar refractivity (Wildman–Crippen MR) is 134 cm³/mol. The van der Waals surface area contributed by atoms with Crippen molar-refractivity contribution in [3.8, 4) is 5.75 Å². The SMILES string of the molecule is COC(=O)c1ccc(N2C(=O)NC(=O)/C(=C\c3ccccc3OCC(=O)Nc3ccccc3)C2=O)cc1. The third-order valence-electron chi connectivity index (χ3n) is 5.28. The van der Waals surface area contributed by atoms with Gasteiger partial charge in [0.2, 0.25) is 0 Å². The number of esters is 1. The largest absolute Gasteiger partial charge is 0.483 e. The van der Waals surface area contributed by atoms with E-state index in [1.807, 2.05) is 6.07 Å². The van der Waals surface area contributed by atoms with Crippen molar-refractivity contribution >= 4 is 47.2 Å². The Hall–Kier alpha value is -5.25. The lowest BCUT2D eigenvalue weighted by atomic mass is 10.1. The van der Waals surface area contributed by atoms with Gasteiger partial charge in [-0.25, -0.2) is 14.5 Å². The van der Waals surface area contributed by atoms with E-state index in [2.05, 4.69) is 15.4 Å². The summed E-state index contributed by atoms with van der Waals surface area (Å²) >= 11 is 0. The van der Waals surface area contributed by atoms with Crippen molar-refractivity contribution in [2.24, 2.45) is 0 Å². The molecular formula is C27H21N3O7. The topological polar surface area (TPSA) is 131 Å². The first kappa shape index (κ1) is 24.9. The molecule has 186 valence electrons. The molecular weight excluding hydrogens is 478 g/mol. The van der Waals surface area contributed by atoms with Crippen LogP contribution in [0.4, 0.5) is 16.2 Å². The fourth-order valence-electron chi connectivity index (χ4n) is 3.50. The number of imide groups is 2. The van der Waals surface area contributed by atoms with Gasteiger partial charge in [-0.05, 0) is 48.5 Å². The van der Waals surface area contributed by atoms with Gasteiger partial charge in [0, 0.05) is 11.3 Å². The molecule has 3 aromatic carbocycles. The standard InChI is InChI=1S/C27H21N3O7/c1-36-26(34)17-11-13-20(14-12-17)30-25(33)21(24(32)29-27(30)35)15-18-7-5-6-10-22(18)37-16-23(31)28-19-8-3-2-4-9-19/h2-15H,16H2,1H3,(H,28,31)(H,29,32,35)/b21-15+. The number of carbonyl (C=O) groups excluding carboxylic acids is 5. The van der Waals surface area contributed by atoms with Crippen LogP contribution in [0.5, 0.6) is 5.75 Å². The Bertz CT molecular complexity index is 1400. The van der Waals surface area contributed by atoms with E-state index in [0.717, 1.165) is 4.90 Å². The molecule has 0 aromatic heterocycles. The molecule has 1 fully saturated rings. The van der Waals surface area contributed by atoms with Crippen LogP contribution in [-0.4, -0.2) is 43.4 Å². The molecule has 4 rings (SSSR count). The summed E-state index contributed by atoms with van der Waals surface area (Å²) in [5, 5.41) is 4.84. The van der Waals surface area contributed by atoms with Crippen LogP contribution in [0.25, 0.3) is 6.08 Å². The number of nitrogens with zero attached hydrogens (tertiary/aromatic N) is 1. The number of urea groups is 1. The number of para-hydroxylation sites is 2. The Morgan fingerprint density at radius 2 is 1.59 bits per heavy atom. The summed E-state index contributed by atoms with van der Waals surface area (Å²) in [6.45, 7) is -0.313. The molecule has 1 aliphatic heterocycles. The quantitative estimate of drug-likeness (QED) is 0.290. The van der Waals surface area contributed by atoms with Crippen molar-refractivity contribution < 1.29 is 33.4 Å². The van der Waals surface area contributed by atoms with Gasteiger partial charge >= 0.3 is 12.0 Å². The molecule has 0 spiro atoms. The molecule has 0 bridgehead atoms. The van der Waals surface area contributed by atoms with Crippen LogP contribution in [0, 0.1) is 0 Å². The number of carbonyl (C=O) groups is 5. The minimum Gasteiger partial charge on any atom is -0.483 e. The minimum absolute atomic E-state index is 0.149. The summed E-state index contributed by atoms with van der Waals surface area (Å²) in [7, 11) is 1.23. The van der Waals surface area contributed by atoms with Crippen molar-refractivity contribution in [3.05, 3.63) is 95.6 Å². The Morgan fingerprint density at radius 3 is 2.30 bits per heavy atom. The third-order valence-corrected chi connectivity index (χ3v) is 5.28. The highest BCUT2D eigenvalue weighted by Crippen LogP contribution is 2.26. The molecule has 1 heterocycles. The van der Waals surface area contributed by atoms with Crippen LogP contribution in [0.1, 0.15) is 15.9 Å². The van der Waals surface area contributed by atoms with E-state index in [4.69, 9.17) is 4.74 Å². The minimum atomic E-state index is -0.930. The van der Waals surface area contributed by atoms with E-state index in [1.165, 1.54) is 37.5 Å². The lowest BCUT2D eigenvalue weighted by molar-refractivity contribution is -0.122. The maximum atomic E-state index is 13.2. The normalized spacial score (nSPS) is 14.2. The first-order chi connectivity index (χ1) is 17.9. The van der Waals surface area contributed by atoms with Gasteiger partial charge in [-0.1, -0.05) is 36.4 Å². The van der Waals surface area contributed by atoms with Gasteiger partial charge in [-0.3, -0.25) is 19.7 Å². The van der Waals surface area contributed by atoms with Crippen LogP contribution in [-0.2, 0) is 19.1 Å². The third kappa shape index (κ3) is 5.70. The van der Waals surface area contributed by atoms with Gasteiger partial charge in [0.25, 0.3) is 17.7 Å². The molecule has 0 unspecified atom stereocenters. The van der Waals surface area contributed by atoms with Gasteiger partial charge in [0.05, 0.1) is 18.4 Å². The van der Waals surface area contributed by atoms with E-state index in [1.54, 1.807) is 48.5 Å². The molecule has 0 radical (unpaired) electrons. The Labute approximate surface area is 211 Å². The number of benzene rings is 3. The number of hydrogen-bond acceptors (Lipinski definition) is 7. The summed E-state index contributed by atoms with van der Waals surface area (Å²) in [6.07, 6.45) is 1.28. The molecule has 37 heavy (non-hydrogen) atoms. The van der Waals surface area contributed by atoms with Gasteiger partial charge in [0.15, 0.2) is 6.61 Å². The molecule has 10 nitrogen and oxygen atoms in total. The number of rotatable bonds is 7. The number of barbiturate groups is 1. The number of methoxy groups -OCH3 is 1. The van der Waals surface area contributed by atoms with Gasteiger partial charge in [-0.15, -0.1) is 0 Å². The Kier molecular flexibility index (Phi) is 7.39. The molecule has 0 aliphatic carbocycles. The molecule has 0 saturated carbocycles. The number of nitrogens with one attached hydrogen (secondary N) is 2. The average molecular weight is 499 g/mol. The van der Waals surface area contributed by atoms with Crippen LogP contribution < -0.4 is 20.3 Å². The van der Waals surface area contributed by atoms with Crippen molar-refractivity contribution in [1.29, 1.82) is 0 Å². The highest BCUT2D eigenvalue weighted by Gasteiger charge is 2.37. The second kappa shape index (κ2) is 11.0. The highest BCUT2D eigenvalue weighted by molar-refractivity contribution is 6.39. The number of ether oxygens (including phenoxy) is 2. The molecule has 1 aliphatic rings.